The molecule has 0 spiro atoms. The first-order chi connectivity index (χ1) is 13.5. The number of aromatic nitrogens is 3. The molecule has 28 heavy (non-hydrogen) atoms. The van der Waals surface area contributed by atoms with Crippen LogP contribution in [0, 0.1) is 16.0 Å². The minimum absolute atomic E-state index is 0.0220. The van der Waals surface area contributed by atoms with Crippen molar-refractivity contribution >= 4 is 11.6 Å². The quantitative estimate of drug-likeness (QED) is 0.535. The van der Waals surface area contributed by atoms with E-state index < -0.39 is 4.92 Å². The fraction of sp³-hybridized carbons (Fsp3) is 0.526. The Balaban J connectivity index is 1.57. The molecule has 0 aliphatic carbocycles. The molecule has 0 radical (unpaired) electrons. The zero-order valence-corrected chi connectivity index (χ0v) is 16.3. The molecule has 150 valence electrons. The molecule has 0 atom stereocenters. The number of rotatable bonds is 7. The lowest BCUT2D eigenvalue weighted by atomic mass is 9.95. The lowest BCUT2D eigenvalue weighted by Gasteiger charge is -2.33. The van der Waals surface area contributed by atoms with Crippen LogP contribution >= 0.6 is 0 Å². The Morgan fingerprint density at radius 2 is 2.00 bits per heavy atom. The van der Waals surface area contributed by atoms with Crippen LogP contribution in [-0.4, -0.2) is 61.6 Å². The first kappa shape index (κ1) is 19.9. The van der Waals surface area contributed by atoms with Crippen molar-refractivity contribution in [2.45, 2.75) is 33.4 Å². The topological polar surface area (TPSA) is 97.4 Å². The van der Waals surface area contributed by atoms with Crippen LogP contribution in [0.2, 0.25) is 0 Å². The summed E-state index contributed by atoms with van der Waals surface area (Å²) in [5, 5.41) is 15.4. The number of non-ortho nitro benzene ring substituents is 1. The fourth-order valence-corrected chi connectivity index (χ4v) is 3.57. The van der Waals surface area contributed by atoms with E-state index in [1.807, 2.05) is 18.7 Å². The van der Waals surface area contributed by atoms with Crippen LogP contribution in [0.25, 0.3) is 11.4 Å². The Morgan fingerprint density at radius 3 is 2.64 bits per heavy atom. The van der Waals surface area contributed by atoms with Crippen molar-refractivity contribution in [1.82, 2.24) is 24.6 Å². The van der Waals surface area contributed by atoms with Gasteiger partial charge < -0.3 is 4.90 Å². The number of hydrogen-bond acceptors (Lipinski definition) is 6. The van der Waals surface area contributed by atoms with Gasteiger partial charge in [-0.3, -0.25) is 19.8 Å². The van der Waals surface area contributed by atoms with Crippen LogP contribution in [-0.2, 0) is 11.5 Å². The predicted molar refractivity (Wildman–Crippen MR) is 104 cm³/mol. The monoisotopic (exact) mass is 386 g/mol. The summed E-state index contributed by atoms with van der Waals surface area (Å²) in [5.74, 6) is 0.834. The summed E-state index contributed by atoms with van der Waals surface area (Å²) in [4.78, 5) is 31.4. The zero-order chi connectivity index (χ0) is 20.1. The van der Waals surface area contributed by atoms with Gasteiger partial charge in [0, 0.05) is 49.8 Å². The van der Waals surface area contributed by atoms with Crippen LogP contribution in [0.5, 0.6) is 0 Å². The second kappa shape index (κ2) is 8.92. The van der Waals surface area contributed by atoms with Crippen LogP contribution in [0.4, 0.5) is 5.69 Å². The highest BCUT2D eigenvalue weighted by molar-refractivity contribution is 5.78. The summed E-state index contributed by atoms with van der Waals surface area (Å²) in [6, 6.07) is 6.32. The van der Waals surface area contributed by atoms with Gasteiger partial charge in [-0.15, -0.1) is 5.10 Å². The molecule has 2 heterocycles. The number of hydrogen-bond donors (Lipinski definition) is 0. The third-order valence-corrected chi connectivity index (χ3v) is 5.21. The largest absolute Gasteiger partial charge is 0.343 e. The lowest BCUT2D eigenvalue weighted by Crippen LogP contribution is -2.42. The van der Waals surface area contributed by atoms with Gasteiger partial charge in [0.15, 0.2) is 5.82 Å². The molecule has 1 amide bonds. The minimum Gasteiger partial charge on any atom is -0.343 e. The highest BCUT2D eigenvalue weighted by Gasteiger charge is 2.27. The van der Waals surface area contributed by atoms with E-state index in [2.05, 4.69) is 15.0 Å². The second-order valence-electron chi connectivity index (χ2n) is 6.96. The van der Waals surface area contributed by atoms with Gasteiger partial charge in [0.2, 0.25) is 5.91 Å². The van der Waals surface area contributed by atoms with Crippen molar-refractivity contribution in [3.8, 4) is 11.4 Å². The molecular weight excluding hydrogens is 360 g/mol. The number of piperidine rings is 1. The molecule has 2 aromatic rings. The molecule has 1 fully saturated rings. The first-order valence-corrected chi connectivity index (χ1v) is 9.67. The van der Waals surface area contributed by atoms with Crippen molar-refractivity contribution in [3.05, 3.63) is 40.7 Å². The number of carbonyl (C=O) groups excluding carboxylic acids is 1. The van der Waals surface area contributed by atoms with E-state index in [1.54, 1.807) is 23.1 Å². The van der Waals surface area contributed by atoms with Crippen LogP contribution in [0.15, 0.2) is 30.6 Å². The van der Waals surface area contributed by atoms with E-state index in [4.69, 9.17) is 0 Å². The van der Waals surface area contributed by atoms with E-state index in [1.165, 1.54) is 12.1 Å². The highest BCUT2D eigenvalue weighted by atomic mass is 16.6. The van der Waals surface area contributed by atoms with E-state index in [9.17, 15) is 14.9 Å². The Labute approximate surface area is 164 Å². The second-order valence-corrected chi connectivity index (χ2v) is 6.96. The standard InChI is InChI=1S/C19H26N6O3/c1-3-23(4-2)19(26)15-8-10-22(11-9-15)14-24-13-20-18(21-24)16-6-5-7-17(12-16)25(27)28/h5-7,12-13,15H,3-4,8-11,14H2,1-2H3. The van der Waals surface area contributed by atoms with Gasteiger partial charge >= 0.3 is 0 Å². The molecular formula is C19H26N6O3. The molecule has 3 rings (SSSR count). The van der Waals surface area contributed by atoms with E-state index in [-0.39, 0.29) is 17.5 Å². The third-order valence-electron chi connectivity index (χ3n) is 5.21. The van der Waals surface area contributed by atoms with Gasteiger partial charge in [-0.05, 0) is 26.7 Å². The molecule has 9 heteroatoms. The van der Waals surface area contributed by atoms with Gasteiger partial charge in [0.1, 0.15) is 6.33 Å². The van der Waals surface area contributed by atoms with Crippen molar-refractivity contribution in [2.24, 2.45) is 5.92 Å². The average Bonchev–Trinajstić information content (AvgIpc) is 3.18. The molecule has 1 aromatic carbocycles. The Morgan fingerprint density at radius 1 is 1.29 bits per heavy atom. The number of amides is 1. The fourth-order valence-electron chi connectivity index (χ4n) is 3.57. The maximum Gasteiger partial charge on any atom is 0.270 e. The summed E-state index contributed by atoms with van der Waals surface area (Å²) in [5.41, 5.74) is 0.644. The molecule has 1 aliphatic rings. The summed E-state index contributed by atoms with van der Waals surface area (Å²) in [6.07, 6.45) is 3.34. The number of carbonyl (C=O) groups is 1. The maximum absolute atomic E-state index is 12.5. The van der Waals surface area contributed by atoms with Gasteiger partial charge in [0.25, 0.3) is 5.69 Å². The molecule has 1 aromatic heterocycles. The number of benzene rings is 1. The predicted octanol–water partition coefficient (Wildman–Crippen LogP) is 2.39. The number of likely N-dealkylation sites (tertiary alicyclic amines) is 1. The number of nitro groups is 1. The Bertz CT molecular complexity index is 825. The van der Waals surface area contributed by atoms with E-state index in [0.717, 1.165) is 39.0 Å². The minimum atomic E-state index is -0.426. The Hall–Kier alpha value is -2.81. The van der Waals surface area contributed by atoms with Crippen molar-refractivity contribution in [3.63, 3.8) is 0 Å². The maximum atomic E-state index is 12.5. The van der Waals surface area contributed by atoms with Crippen LogP contribution < -0.4 is 0 Å². The highest BCUT2D eigenvalue weighted by Crippen LogP contribution is 2.22. The lowest BCUT2D eigenvalue weighted by molar-refractivity contribution is -0.384. The van der Waals surface area contributed by atoms with Crippen molar-refractivity contribution in [2.75, 3.05) is 26.2 Å². The van der Waals surface area contributed by atoms with E-state index >= 15 is 0 Å². The van der Waals surface area contributed by atoms with Gasteiger partial charge in [-0.1, -0.05) is 12.1 Å². The number of nitro benzene ring substituents is 1. The van der Waals surface area contributed by atoms with Crippen molar-refractivity contribution < 1.29 is 9.72 Å². The molecule has 0 bridgehead atoms. The molecule has 9 nitrogen and oxygen atoms in total. The SMILES string of the molecule is CCN(CC)C(=O)C1CCN(Cn2cnc(-c3cccc([N+](=O)[O-])c3)n2)CC1. The molecule has 0 N–H and O–H groups in total. The van der Waals surface area contributed by atoms with Crippen molar-refractivity contribution in [1.29, 1.82) is 0 Å². The average molecular weight is 386 g/mol. The molecule has 1 aliphatic heterocycles. The van der Waals surface area contributed by atoms with Crippen LogP contribution in [0.1, 0.15) is 26.7 Å². The zero-order valence-electron chi connectivity index (χ0n) is 16.3. The normalized spacial score (nSPS) is 15.5. The first-order valence-electron chi connectivity index (χ1n) is 9.67. The van der Waals surface area contributed by atoms with Gasteiger partial charge in [-0.2, -0.15) is 0 Å². The number of nitrogens with zero attached hydrogens (tertiary/aromatic N) is 6. The van der Waals surface area contributed by atoms with Gasteiger partial charge in [0.05, 0.1) is 11.6 Å². The summed E-state index contributed by atoms with van der Waals surface area (Å²) in [7, 11) is 0. The summed E-state index contributed by atoms with van der Waals surface area (Å²) >= 11 is 0. The molecule has 0 unspecified atom stereocenters. The smallest absolute Gasteiger partial charge is 0.270 e. The third kappa shape index (κ3) is 4.53. The van der Waals surface area contributed by atoms with Gasteiger partial charge in [-0.25, -0.2) is 9.67 Å². The molecule has 1 saturated heterocycles. The summed E-state index contributed by atoms with van der Waals surface area (Å²) in [6.45, 7) is 7.81. The van der Waals surface area contributed by atoms with E-state index in [0.29, 0.717) is 18.1 Å². The summed E-state index contributed by atoms with van der Waals surface area (Å²) < 4.78 is 1.74. The Kier molecular flexibility index (Phi) is 6.35. The van der Waals surface area contributed by atoms with Crippen LogP contribution in [0.3, 0.4) is 0 Å². The molecule has 0 saturated carbocycles.